The summed E-state index contributed by atoms with van der Waals surface area (Å²) in [6.45, 7) is 9.36. The van der Waals surface area contributed by atoms with Gasteiger partial charge in [-0.3, -0.25) is 0 Å². The second kappa shape index (κ2) is 7.29. The summed E-state index contributed by atoms with van der Waals surface area (Å²) in [5.41, 5.74) is 2.54. The van der Waals surface area contributed by atoms with Crippen molar-refractivity contribution in [1.29, 1.82) is 0 Å². The Morgan fingerprint density at radius 3 is 2.40 bits per heavy atom. The molecule has 0 saturated heterocycles. The van der Waals surface area contributed by atoms with Crippen LogP contribution in [0.3, 0.4) is 0 Å². The van der Waals surface area contributed by atoms with E-state index in [2.05, 4.69) is 60.2 Å². The van der Waals surface area contributed by atoms with Crippen LogP contribution in [0.15, 0.2) is 30.5 Å². The largest absolute Gasteiger partial charge is 0.380 e. The van der Waals surface area contributed by atoms with Crippen LogP contribution in [-0.4, -0.2) is 18.1 Å². The van der Waals surface area contributed by atoms with Gasteiger partial charge in [0.15, 0.2) is 5.13 Å². The molecule has 20 heavy (non-hydrogen) atoms. The van der Waals surface area contributed by atoms with Crippen LogP contribution in [0.2, 0.25) is 0 Å². The summed E-state index contributed by atoms with van der Waals surface area (Å²) < 4.78 is 0. The monoisotopic (exact) mass is 289 g/mol. The summed E-state index contributed by atoms with van der Waals surface area (Å²) in [5.74, 6) is 0. The van der Waals surface area contributed by atoms with E-state index in [0.29, 0.717) is 0 Å². The lowest BCUT2D eigenvalue weighted by Gasteiger charge is -2.16. The molecule has 0 aliphatic carbocycles. The minimum Gasteiger partial charge on any atom is -0.380 e. The third kappa shape index (κ3) is 3.73. The number of aryl methyl sites for hydroxylation is 1. The Bertz CT molecular complexity index is 515. The highest BCUT2D eigenvalue weighted by molar-refractivity contribution is 7.15. The smallest absolute Gasteiger partial charge is 0.185 e. The highest BCUT2D eigenvalue weighted by Crippen LogP contribution is 2.23. The molecule has 3 nitrogen and oxygen atoms in total. The predicted molar refractivity (Wildman–Crippen MR) is 88.8 cm³/mol. The van der Waals surface area contributed by atoms with E-state index in [1.54, 1.807) is 11.3 Å². The van der Waals surface area contributed by atoms with Crippen molar-refractivity contribution in [2.45, 2.75) is 33.7 Å². The molecule has 1 N–H and O–H groups in total. The molecule has 0 saturated carbocycles. The van der Waals surface area contributed by atoms with Gasteiger partial charge in [0.05, 0.1) is 6.54 Å². The van der Waals surface area contributed by atoms with E-state index >= 15 is 0 Å². The molecular formula is C16H23N3S. The third-order valence-corrected chi connectivity index (χ3v) is 4.46. The van der Waals surface area contributed by atoms with Crippen LogP contribution in [-0.2, 0) is 13.0 Å². The van der Waals surface area contributed by atoms with Crippen LogP contribution in [0.25, 0.3) is 0 Å². The van der Waals surface area contributed by atoms with Gasteiger partial charge in [-0.05, 0) is 38.0 Å². The predicted octanol–water partition coefficient (Wildman–Crippen LogP) is 4.16. The number of hydrogen-bond acceptors (Lipinski definition) is 4. The van der Waals surface area contributed by atoms with Gasteiger partial charge in [0.1, 0.15) is 0 Å². The van der Waals surface area contributed by atoms with Gasteiger partial charge in [0, 0.05) is 29.9 Å². The molecular weight excluding hydrogens is 266 g/mol. The molecule has 1 aromatic carbocycles. The van der Waals surface area contributed by atoms with E-state index in [0.717, 1.165) is 31.2 Å². The molecule has 0 aliphatic rings. The molecule has 0 radical (unpaired) electrons. The summed E-state index contributed by atoms with van der Waals surface area (Å²) >= 11 is 1.77. The van der Waals surface area contributed by atoms with Crippen molar-refractivity contribution in [1.82, 2.24) is 4.98 Å². The average molecular weight is 289 g/mol. The quantitative estimate of drug-likeness (QED) is 0.829. The number of aromatic nitrogens is 1. The molecule has 0 unspecified atom stereocenters. The second-order valence-electron chi connectivity index (χ2n) is 4.69. The van der Waals surface area contributed by atoms with Gasteiger partial charge in [-0.2, -0.15) is 0 Å². The molecule has 0 aliphatic heterocycles. The second-order valence-corrected chi connectivity index (χ2v) is 5.78. The number of hydrogen-bond donors (Lipinski definition) is 1. The zero-order valence-electron chi connectivity index (χ0n) is 12.5. The Kier molecular flexibility index (Phi) is 5.41. The number of nitrogens with zero attached hydrogens (tertiary/aromatic N) is 2. The van der Waals surface area contributed by atoms with Gasteiger partial charge in [0.25, 0.3) is 0 Å². The Morgan fingerprint density at radius 2 is 1.80 bits per heavy atom. The van der Waals surface area contributed by atoms with Gasteiger partial charge < -0.3 is 10.2 Å². The fourth-order valence-corrected chi connectivity index (χ4v) is 3.04. The highest BCUT2D eigenvalue weighted by Gasteiger charge is 2.07. The van der Waals surface area contributed by atoms with Crippen molar-refractivity contribution in [3.8, 4) is 0 Å². The third-order valence-electron chi connectivity index (χ3n) is 3.40. The minimum absolute atomic E-state index is 0.838. The van der Waals surface area contributed by atoms with Crippen LogP contribution in [0.4, 0.5) is 10.8 Å². The first-order valence-corrected chi connectivity index (χ1v) is 8.10. The molecule has 0 amide bonds. The van der Waals surface area contributed by atoms with Crippen LogP contribution in [0.5, 0.6) is 0 Å². The van der Waals surface area contributed by atoms with E-state index in [-0.39, 0.29) is 0 Å². The fourth-order valence-electron chi connectivity index (χ4n) is 2.07. The van der Waals surface area contributed by atoms with E-state index in [1.807, 2.05) is 6.20 Å². The molecule has 2 aromatic rings. The Morgan fingerprint density at radius 1 is 1.10 bits per heavy atom. The number of nitrogens with one attached hydrogen (secondary N) is 1. The van der Waals surface area contributed by atoms with Gasteiger partial charge in [-0.15, -0.1) is 11.3 Å². The zero-order chi connectivity index (χ0) is 14.4. The Hall–Kier alpha value is -1.55. The number of anilines is 2. The topological polar surface area (TPSA) is 28.2 Å². The van der Waals surface area contributed by atoms with Gasteiger partial charge in [-0.25, -0.2) is 4.98 Å². The van der Waals surface area contributed by atoms with Crippen LogP contribution >= 0.6 is 11.3 Å². The maximum Gasteiger partial charge on any atom is 0.185 e. The summed E-state index contributed by atoms with van der Waals surface area (Å²) in [6.07, 6.45) is 3.06. The molecule has 2 rings (SSSR count). The molecule has 0 spiro atoms. The van der Waals surface area contributed by atoms with Gasteiger partial charge >= 0.3 is 0 Å². The zero-order valence-corrected chi connectivity index (χ0v) is 13.3. The fraction of sp³-hybridized carbons (Fsp3) is 0.438. The van der Waals surface area contributed by atoms with Crippen molar-refractivity contribution in [3.63, 3.8) is 0 Å². The van der Waals surface area contributed by atoms with Crippen LogP contribution in [0.1, 0.15) is 31.2 Å². The number of rotatable bonds is 7. The van der Waals surface area contributed by atoms with Crippen molar-refractivity contribution in [2.24, 2.45) is 0 Å². The van der Waals surface area contributed by atoms with Crippen LogP contribution < -0.4 is 10.2 Å². The lowest BCUT2D eigenvalue weighted by Crippen LogP contribution is -2.21. The van der Waals surface area contributed by atoms with Crippen molar-refractivity contribution in [2.75, 3.05) is 23.3 Å². The van der Waals surface area contributed by atoms with E-state index in [4.69, 9.17) is 0 Å². The minimum atomic E-state index is 0.838. The maximum absolute atomic E-state index is 4.50. The summed E-state index contributed by atoms with van der Waals surface area (Å²) in [7, 11) is 0. The molecule has 108 valence electrons. The van der Waals surface area contributed by atoms with Crippen molar-refractivity contribution in [3.05, 3.63) is 40.9 Å². The average Bonchev–Trinajstić information content (AvgIpc) is 2.96. The Labute approximate surface area is 125 Å². The first-order chi connectivity index (χ1) is 9.76. The molecule has 4 heteroatoms. The lowest BCUT2D eigenvalue weighted by atomic mass is 10.1. The molecule has 0 atom stereocenters. The summed E-state index contributed by atoms with van der Waals surface area (Å²) in [5, 5.41) is 4.57. The maximum atomic E-state index is 4.50. The van der Waals surface area contributed by atoms with Crippen molar-refractivity contribution < 1.29 is 0 Å². The molecule has 1 aromatic heterocycles. The standard InChI is InChI=1S/C16H23N3S/c1-4-13-7-9-14(10-8-13)17-11-15-12-18-16(20-15)19(5-2)6-3/h7-10,12,17H,4-6,11H2,1-3H3. The van der Waals surface area contributed by atoms with E-state index < -0.39 is 0 Å². The number of thiazole rings is 1. The SMILES string of the molecule is CCc1ccc(NCc2cnc(N(CC)CC)s2)cc1. The summed E-state index contributed by atoms with van der Waals surface area (Å²) in [4.78, 5) is 8.05. The molecule has 1 heterocycles. The first kappa shape index (κ1) is 14.9. The normalized spacial score (nSPS) is 10.6. The van der Waals surface area contributed by atoms with Crippen molar-refractivity contribution >= 4 is 22.2 Å². The first-order valence-electron chi connectivity index (χ1n) is 7.29. The van der Waals surface area contributed by atoms with Crippen LogP contribution in [0, 0.1) is 0 Å². The Balaban J connectivity index is 1.93. The summed E-state index contributed by atoms with van der Waals surface area (Å²) in [6, 6.07) is 8.64. The molecule has 0 bridgehead atoms. The highest BCUT2D eigenvalue weighted by atomic mass is 32.1. The van der Waals surface area contributed by atoms with E-state index in [1.165, 1.54) is 16.1 Å². The van der Waals surface area contributed by atoms with Gasteiger partial charge in [-0.1, -0.05) is 19.1 Å². The lowest BCUT2D eigenvalue weighted by molar-refractivity contribution is 0.860. The molecule has 0 fully saturated rings. The van der Waals surface area contributed by atoms with E-state index in [9.17, 15) is 0 Å². The number of benzene rings is 1. The van der Waals surface area contributed by atoms with Gasteiger partial charge in [0.2, 0.25) is 0 Å².